The van der Waals surface area contributed by atoms with Crippen molar-refractivity contribution < 1.29 is 9.21 Å². The first-order valence-corrected chi connectivity index (χ1v) is 7.08. The van der Waals surface area contributed by atoms with Gasteiger partial charge in [0.25, 0.3) is 0 Å². The lowest BCUT2D eigenvalue weighted by Gasteiger charge is -2.19. The molecule has 2 nitrogen and oxygen atoms in total. The maximum Gasteiger partial charge on any atom is 0.137 e. The van der Waals surface area contributed by atoms with Crippen LogP contribution in [0.1, 0.15) is 44.1 Å². The maximum atomic E-state index is 11.9. The first-order chi connectivity index (χ1) is 9.45. The molecule has 2 aromatic rings. The van der Waals surface area contributed by atoms with Crippen LogP contribution in [0.15, 0.2) is 47.1 Å². The molecule has 106 valence electrons. The zero-order valence-electron chi connectivity index (χ0n) is 12.5. The lowest BCUT2D eigenvalue weighted by Crippen LogP contribution is -2.11. The standard InChI is InChI=1S/C18H22O2/c1-18(2,3)15-8-6-14(7-9-15)13-16(19)10-11-17-5-4-12-20-17/h4-9,12H,10-11,13H2,1-3H3. The molecule has 2 heteroatoms. The zero-order valence-corrected chi connectivity index (χ0v) is 12.5. The van der Waals surface area contributed by atoms with Gasteiger partial charge in [0.2, 0.25) is 0 Å². The molecule has 0 saturated heterocycles. The molecule has 0 spiro atoms. The van der Waals surface area contributed by atoms with Crippen LogP contribution in [0.3, 0.4) is 0 Å². The van der Waals surface area contributed by atoms with Crippen molar-refractivity contribution >= 4 is 5.78 Å². The first kappa shape index (κ1) is 14.6. The topological polar surface area (TPSA) is 30.2 Å². The molecule has 0 unspecified atom stereocenters. The number of aryl methyl sites for hydroxylation is 1. The van der Waals surface area contributed by atoms with E-state index in [9.17, 15) is 4.79 Å². The number of carbonyl (C=O) groups excluding carboxylic acids is 1. The molecule has 0 fully saturated rings. The number of benzene rings is 1. The average Bonchev–Trinajstić information content (AvgIpc) is 2.89. The Balaban J connectivity index is 1.88. The van der Waals surface area contributed by atoms with Gasteiger partial charge in [-0.15, -0.1) is 0 Å². The average molecular weight is 270 g/mol. The van der Waals surface area contributed by atoms with Gasteiger partial charge in [0.1, 0.15) is 11.5 Å². The van der Waals surface area contributed by atoms with Gasteiger partial charge in [-0.25, -0.2) is 0 Å². The highest BCUT2D eigenvalue weighted by atomic mass is 16.3. The summed E-state index contributed by atoms with van der Waals surface area (Å²) in [6.07, 6.45) is 3.37. The molecule has 20 heavy (non-hydrogen) atoms. The van der Waals surface area contributed by atoms with E-state index in [1.807, 2.05) is 12.1 Å². The fraction of sp³-hybridized carbons (Fsp3) is 0.389. The van der Waals surface area contributed by atoms with Crippen LogP contribution in [-0.2, 0) is 23.1 Å². The highest BCUT2D eigenvalue weighted by Gasteiger charge is 2.13. The normalized spacial score (nSPS) is 11.6. The summed E-state index contributed by atoms with van der Waals surface area (Å²) in [6, 6.07) is 12.1. The maximum absolute atomic E-state index is 11.9. The quantitative estimate of drug-likeness (QED) is 0.810. The van der Waals surface area contributed by atoms with E-state index in [2.05, 4.69) is 45.0 Å². The molecular weight excluding hydrogens is 248 g/mol. The Morgan fingerprint density at radius 3 is 2.35 bits per heavy atom. The van der Waals surface area contributed by atoms with Gasteiger partial charge in [-0.1, -0.05) is 45.0 Å². The van der Waals surface area contributed by atoms with Crippen molar-refractivity contribution in [2.45, 2.75) is 45.4 Å². The molecular formula is C18H22O2. The van der Waals surface area contributed by atoms with Gasteiger partial charge >= 0.3 is 0 Å². The minimum Gasteiger partial charge on any atom is -0.469 e. The highest BCUT2D eigenvalue weighted by molar-refractivity contribution is 5.81. The first-order valence-electron chi connectivity index (χ1n) is 7.08. The Hall–Kier alpha value is -1.83. The van der Waals surface area contributed by atoms with Crippen LogP contribution in [0.4, 0.5) is 0 Å². The van der Waals surface area contributed by atoms with Crippen LogP contribution in [0.5, 0.6) is 0 Å². The molecule has 0 radical (unpaired) electrons. The summed E-state index contributed by atoms with van der Waals surface area (Å²) in [5.41, 5.74) is 2.54. The van der Waals surface area contributed by atoms with Gasteiger partial charge in [0.15, 0.2) is 0 Å². The molecule has 0 amide bonds. The molecule has 0 saturated carbocycles. The number of rotatable bonds is 5. The molecule has 1 aromatic carbocycles. The Morgan fingerprint density at radius 2 is 1.80 bits per heavy atom. The second kappa shape index (κ2) is 6.08. The summed E-state index contributed by atoms with van der Waals surface area (Å²) in [5.74, 6) is 1.13. The van der Waals surface area contributed by atoms with Crippen molar-refractivity contribution in [2.75, 3.05) is 0 Å². The highest BCUT2D eigenvalue weighted by Crippen LogP contribution is 2.22. The van der Waals surface area contributed by atoms with E-state index in [1.165, 1.54) is 5.56 Å². The van der Waals surface area contributed by atoms with Gasteiger partial charge in [-0.2, -0.15) is 0 Å². The lowest BCUT2D eigenvalue weighted by molar-refractivity contribution is -0.118. The van der Waals surface area contributed by atoms with Crippen molar-refractivity contribution in [1.29, 1.82) is 0 Å². The second-order valence-corrected chi connectivity index (χ2v) is 6.24. The third kappa shape index (κ3) is 4.09. The largest absolute Gasteiger partial charge is 0.469 e. The minimum absolute atomic E-state index is 0.155. The van der Waals surface area contributed by atoms with E-state index in [-0.39, 0.29) is 11.2 Å². The van der Waals surface area contributed by atoms with Crippen molar-refractivity contribution in [3.63, 3.8) is 0 Å². The van der Waals surface area contributed by atoms with Crippen LogP contribution < -0.4 is 0 Å². The van der Waals surface area contributed by atoms with E-state index in [0.717, 1.165) is 11.3 Å². The SMILES string of the molecule is CC(C)(C)c1ccc(CC(=O)CCc2ccco2)cc1. The predicted molar refractivity (Wildman–Crippen MR) is 80.9 cm³/mol. The minimum atomic E-state index is 0.155. The van der Waals surface area contributed by atoms with E-state index in [0.29, 0.717) is 19.3 Å². The number of furan rings is 1. The van der Waals surface area contributed by atoms with Gasteiger partial charge in [-0.3, -0.25) is 4.79 Å². The predicted octanol–water partition coefficient (Wildman–Crippen LogP) is 4.32. The van der Waals surface area contributed by atoms with Gasteiger partial charge in [0.05, 0.1) is 6.26 Å². The monoisotopic (exact) mass is 270 g/mol. The summed E-state index contributed by atoms with van der Waals surface area (Å²) < 4.78 is 5.24. The Labute approximate surface area is 120 Å². The van der Waals surface area contributed by atoms with Gasteiger partial charge in [-0.05, 0) is 28.7 Å². The number of hydrogen-bond donors (Lipinski definition) is 0. The van der Waals surface area contributed by atoms with E-state index < -0.39 is 0 Å². The number of ketones is 1. The molecule has 0 aliphatic carbocycles. The molecule has 1 heterocycles. The summed E-state index contributed by atoms with van der Waals surface area (Å²) >= 11 is 0. The van der Waals surface area contributed by atoms with Crippen LogP contribution in [0, 0.1) is 0 Å². The fourth-order valence-electron chi connectivity index (χ4n) is 2.16. The molecule has 0 bridgehead atoms. The van der Waals surface area contributed by atoms with Crippen LogP contribution in [0.2, 0.25) is 0 Å². The van der Waals surface area contributed by atoms with Gasteiger partial charge < -0.3 is 4.42 Å². The smallest absolute Gasteiger partial charge is 0.137 e. The van der Waals surface area contributed by atoms with Crippen LogP contribution >= 0.6 is 0 Å². The van der Waals surface area contributed by atoms with Gasteiger partial charge in [0, 0.05) is 19.3 Å². The molecule has 0 atom stereocenters. The van der Waals surface area contributed by atoms with Crippen LogP contribution in [0.25, 0.3) is 0 Å². The van der Waals surface area contributed by atoms with E-state index >= 15 is 0 Å². The Morgan fingerprint density at radius 1 is 1.10 bits per heavy atom. The summed E-state index contributed by atoms with van der Waals surface area (Å²) in [6.45, 7) is 6.57. The Bertz CT molecular complexity index is 542. The Kier molecular flexibility index (Phi) is 4.43. The van der Waals surface area contributed by atoms with Crippen molar-refractivity contribution in [2.24, 2.45) is 0 Å². The van der Waals surface area contributed by atoms with E-state index in [1.54, 1.807) is 6.26 Å². The summed E-state index contributed by atoms with van der Waals surface area (Å²) in [4.78, 5) is 11.9. The zero-order chi connectivity index (χ0) is 14.6. The third-order valence-electron chi connectivity index (χ3n) is 3.45. The van der Waals surface area contributed by atoms with E-state index in [4.69, 9.17) is 4.42 Å². The summed E-state index contributed by atoms with van der Waals surface area (Å²) in [7, 11) is 0. The number of carbonyl (C=O) groups is 1. The van der Waals surface area contributed by atoms with Crippen molar-refractivity contribution in [1.82, 2.24) is 0 Å². The molecule has 0 N–H and O–H groups in total. The molecule has 0 aliphatic rings. The lowest BCUT2D eigenvalue weighted by atomic mass is 9.86. The van der Waals surface area contributed by atoms with Crippen molar-refractivity contribution in [3.05, 3.63) is 59.5 Å². The molecule has 1 aromatic heterocycles. The second-order valence-electron chi connectivity index (χ2n) is 6.24. The molecule has 2 rings (SSSR count). The fourth-order valence-corrected chi connectivity index (χ4v) is 2.16. The molecule has 0 aliphatic heterocycles. The number of Topliss-reactive ketones (excluding diaryl/α,β-unsaturated/α-hetero) is 1. The van der Waals surface area contributed by atoms with Crippen LogP contribution in [-0.4, -0.2) is 5.78 Å². The number of hydrogen-bond acceptors (Lipinski definition) is 2. The summed E-state index contributed by atoms with van der Waals surface area (Å²) in [5, 5.41) is 0. The third-order valence-corrected chi connectivity index (χ3v) is 3.45. The van der Waals surface area contributed by atoms with Crippen molar-refractivity contribution in [3.8, 4) is 0 Å².